The smallest absolute Gasteiger partial charge is 0.0630 e. The van der Waals surface area contributed by atoms with Gasteiger partial charge in [0.1, 0.15) is 0 Å². The molecule has 2 aliphatic rings. The molecule has 52 valence electrons. The monoisotopic (exact) mass is 126 g/mol. The molecule has 0 bridgehead atoms. The molecule has 1 spiro atoms. The minimum absolute atomic E-state index is 0.291. The van der Waals surface area contributed by atoms with Crippen LogP contribution in [0, 0.1) is 5.41 Å². The van der Waals surface area contributed by atoms with E-state index in [1.807, 2.05) is 6.92 Å². The normalized spacial score (nSPS) is 35.3. The third kappa shape index (κ3) is 0.710. The Labute approximate surface area is 56.1 Å². The molecule has 1 N–H and O–H groups in total. The Morgan fingerprint density at radius 3 is 1.89 bits per heavy atom. The zero-order chi connectivity index (χ0) is 6.54. The predicted molar refractivity (Wildman–Crippen MR) is 36.1 cm³/mol. The molecular formula is C8H14O. The van der Waals surface area contributed by atoms with Crippen molar-refractivity contribution in [3.8, 4) is 0 Å². The fourth-order valence-corrected chi connectivity index (χ4v) is 2.59. The van der Waals surface area contributed by atoms with Crippen LogP contribution < -0.4 is 0 Å². The molecule has 0 aliphatic heterocycles. The van der Waals surface area contributed by atoms with E-state index in [2.05, 4.69) is 0 Å². The molecule has 0 amide bonds. The van der Waals surface area contributed by atoms with E-state index in [1.54, 1.807) is 0 Å². The van der Waals surface area contributed by atoms with Crippen LogP contribution in [0.4, 0.5) is 0 Å². The van der Waals surface area contributed by atoms with Crippen LogP contribution >= 0.6 is 0 Å². The minimum atomic E-state index is -0.291. The molecule has 1 nitrogen and oxygen atoms in total. The van der Waals surface area contributed by atoms with E-state index >= 15 is 0 Å². The van der Waals surface area contributed by atoms with Crippen LogP contribution in [-0.4, -0.2) is 10.7 Å². The highest BCUT2D eigenvalue weighted by atomic mass is 16.3. The van der Waals surface area contributed by atoms with Crippen molar-refractivity contribution in [2.75, 3.05) is 0 Å². The van der Waals surface area contributed by atoms with Gasteiger partial charge < -0.3 is 5.11 Å². The third-order valence-corrected chi connectivity index (χ3v) is 2.93. The molecule has 0 radical (unpaired) electrons. The topological polar surface area (TPSA) is 20.2 Å². The predicted octanol–water partition coefficient (Wildman–Crippen LogP) is 1.70. The van der Waals surface area contributed by atoms with Crippen molar-refractivity contribution < 1.29 is 5.11 Å². The first-order chi connectivity index (χ1) is 4.12. The lowest BCUT2D eigenvalue weighted by atomic mass is 9.50. The molecule has 0 saturated heterocycles. The van der Waals surface area contributed by atoms with Crippen LogP contribution in [0.15, 0.2) is 0 Å². The van der Waals surface area contributed by atoms with Crippen molar-refractivity contribution in [2.24, 2.45) is 5.41 Å². The largest absolute Gasteiger partial charge is 0.390 e. The van der Waals surface area contributed by atoms with Crippen LogP contribution in [0.25, 0.3) is 0 Å². The molecule has 0 aromatic rings. The molecule has 2 rings (SSSR count). The fraction of sp³-hybridized carbons (Fsp3) is 1.00. The molecular weight excluding hydrogens is 112 g/mol. The maximum absolute atomic E-state index is 9.41. The van der Waals surface area contributed by atoms with E-state index in [9.17, 15) is 5.11 Å². The van der Waals surface area contributed by atoms with Crippen molar-refractivity contribution >= 4 is 0 Å². The van der Waals surface area contributed by atoms with E-state index in [4.69, 9.17) is 0 Å². The van der Waals surface area contributed by atoms with E-state index in [0.717, 1.165) is 12.8 Å². The summed E-state index contributed by atoms with van der Waals surface area (Å²) in [6.07, 6.45) is 6.29. The van der Waals surface area contributed by atoms with Crippen LogP contribution in [-0.2, 0) is 0 Å². The van der Waals surface area contributed by atoms with Gasteiger partial charge in [-0.1, -0.05) is 6.42 Å². The minimum Gasteiger partial charge on any atom is -0.390 e. The number of rotatable bonds is 0. The molecule has 0 aromatic carbocycles. The first-order valence-electron chi connectivity index (χ1n) is 3.84. The lowest BCUT2D eigenvalue weighted by Crippen LogP contribution is -2.53. The number of hydrogen-bond donors (Lipinski definition) is 1. The van der Waals surface area contributed by atoms with Crippen molar-refractivity contribution in [2.45, 2.75) is 44.6 Å². The standard InChI is InChI=1S/C8H14O/c1-7(9)5-8(6-7)3-2-4-8/h9H,2-6H2,1H3. The zero-order valence-corrected chi connectivity index (χ0v) is 5.98. The van der Waals surface area contributed by atoms with Crippen molar-refractivity contribution in [3.05, 3.63) is 0 Å². The lowest BCUT2D eigenvalue weighted by Gasteiger charge is -2.57. The first-order valence-corrected chi connectivity index (χ1v) is 3.84. The fourth-order valence-electron chi connectivity index (χ4n) is 2.59. The van der Waals surface area contributed by atoms with Gasteiger partial charge in [-0.25, -0.2) is 0 Å². The molecule has 0 aromatic heterocycles. The quantitative estimate of drug-likeness (QED) is 0.523. The van der Waals surface area contributed by atoms with Gasteiger partial charge in [0, 0.05) is 0 Å². The highest BCUT2D eigenvalue weighted by Gasteiger charge is 2.53. The summed E-state index contributed by atoms with van der Waals surface area (Å²) >= 11 is 0. The number of hydrogen-bond acceptors (Lipinski definition) is 1. The van der Waals surface area contributed by atoms with Gasteiger partial charge in [0.05, 0.1) is 5.60 Å². The molecule has 2 fully saturated rings. The van der Waals surface area contributed by atoms with Crippen LogP contribution in [0.1, 0.15) is 39.0 Å². The van der Waals surface area contributed by atoms with Gasteiger partial charge in [0.25, 0.3) is 0 Å². The summed E-state index contributed by atoms with van der Waals surface area (Å²) in [4.78, 5) is 0. The molecule has 0 heterocycles. The first kappa shape index (κ1) is 5.72. The number of aliphatic hydroxyl groups is 1. The lowest BCUT2D eigenvalue weighted by molar-refractivity contribution is -0.150. The molecule has 0 atom stereocenters. The van der Waals surface area contributed by atoms with Crippen LogP contribution in [0.3, 0.4) is 0 Å². The second-order valence-corrected chi connectivity index (χ2v) is 4.20. The van der Waals surface area contributed by atoms with Gasteiger partial charge in [-0.3, -0.25) is 0 Å². The maximum atomic E-state index is 9.41. The van der Waals surface area contributed by atoms with E-state index in [1.165, 1.54) is 19.3 Å². The van der Waals surface area contributed by atoms with Gasteiger partial charge in [-0.15, -0.1) is 0 Å². The van der Waals surface area contributed by atoms with Gasteiger partial charge >= 0.3 is 0 Å². The highest BCUT2D eigenvalue weighted by molar-refractivity contribution is 5.05. The summed E-state index contributed by atoms with van der Waals surface area (Å²) in [5.41, 5.74) is 0.337. The third-order valence-electron chi connectivity index (χ3n) is 2.93. The zero-order valence-electron chi connectivity index (χ0n) is 5.98. The highest BCUT2D eigenvalue weighted by Crippen LogP contribution is 2.60. The molecule has 2 saturated carbocycles. The van der Waals surface area contributed by atoms with E-state index in [0.29, 0.717) is 5.41 Å². The van der Waals surface area contributed by atoms with Gasteiger partial charge in [-0.2, -0.15) is 0 Å². The Morgan fingerprint density at radius 1 is 1.22 bits per heavy atom. The van der Waals surface area contributed by atoms with Crippen LogP contribution in [0.5, 0.6) is 0 Å². The maximum Gasteiger partial charge on any atom is 0.0630 e. The Balaban J connectivity index is 1.96. The molecule has 2 aliphatic carbocycles. The Bertz CT molecular complexity index is 124. The second-order valence-electron chi connectivity index (χ2n) is 4.20. The average Bonchev–Trinajstić information content (AvgIpc) is 1.54. The Kier molecular flexibility index (Phi) is 0.852. The molecule has 1 heteroatoms. The summed E-state index contributed by atoms with van der Waals surface area (Å²) in [5.74, 6) is 0. The van der Waals surface area contributed by atoms with E-state index in [-0.39, 0.29) is 5.60 Å². The van der Waals surface area contributed by atoms with Gasteiger partial charge in [-0.05, 0) is 38.0 Å². The Hall–Kier alpha value is -0.0400. The summed E-state index contributed by atoms with van der Waals surface area (Å²) in [5, 5.41) is 9.41. The molecule has 0 unspecified atom stereocenters. The average molecular weight is 126 g/mol. The molecule has 9 heavy (non-hydrogen) atoms. The summed E-state index contributed by atoms with van der Waals surface area (Å²) in [6, 6.07) is 0. The summed E-state index contributed by atoms with van der Waals surface area (Å²) in [7, 11) is 0. The van der Waals surface area contributed by atoms with Gasteiger partial charge in [0.15, 0.2) is 0 Å². The van der Waals surface area contributed by atoms with Crippen molar-refractivity contribution in [3.63, 3.8) is 0 Å². The van der Waals surface area contributed by atoms with E-state index < -0.39 is 0 Å². The van der Waals surface area contributed by atoms with Crippen molar-refractivity contribution in [1.29, 1.82) is 0 Å². The van der Waals surface area contributed by atoms with Crippen molar-refractivity contribution in [1.82, 2.24) is 0 Å². The van der Waals surface area contributed by atoms with Crippen LogP contribution in [0.2, 0.25) is 0 Å². The van der Waals surface area contributed by atoms with Gasteiger partial charge in [0.2, 0.25) is 0 Å². The second kappa shape index (κ2) is 1.34. The summed E-state index contributed by atoms with van der Waals surface area (Å²) < 4.78 is 0. The SMILES string of the molecule is CC1(O)CC2(CCC2)C1. The Morgan fingerprint density at radius 2 is 1.78 bits per heavy atom. The summed E-state index contributed by atoms with van der Waals surface area (Å²) in [6.45, 7) is 1.95.